The molecule has 0 aliphatic carbocycles. The lowest BCUT2D eigenvalue weighted by Gasteiger charge is -2.08. The normalized spacial score (nSPS) is 10.6. The molecule has 5 N–H and O–H groups in total. The standard InChI is InChI=1S/C12H20N4O2S/c1-6(2)5-15-11-7(10(14)17)8(13)9(19-11)12(18)16(3)4/h6,15H,5,13H2,1-4H3,(H2,14,17). The Morgan fingerprint density at radius 3 is 2.37 bits per heavy atom. The highest BCUT2D eigenvalue weighted by Gasteiger charge is 2.25. The highest BCUT2D eigenvalue weighted by Crippen LogP contribution is 2.36. The molecule has 0 saturated carbocycles. The maximum absolute atomic E-state index is 12.0. The lowest BCUT2D eigenvalue weighted by Crippen LogP contribution is -2.22. The van der Waals surface area contributed by atoms with Crippen molar-refractivity contribution >= 4 is 33.8 Å². The Labute approximate surface area is 116 Å². The molecule has 0 bridgehead atoms. The van der Waals surface area contributed by atoms with E-state index in [1.165, 1.54) is 4.90 Å². The number of hydrogen-bond acceptors (Lipinski definition) is 5. The number of nitrogen functional groups attached to an aromatic ring is 1. The van der Waals surface area contributed by atoms with Crippen molar-refractivity contribution in [3.05, 3.63) is 10.4 Å². The second kappa shape index (κ2) is 5.92. The summed E-state index contributed by atoms with van der Waals surface area (Å²) in [7, 11) is 3.26. The minimum atomic E-state index is -0.627. The van der Waals surface area contributed by atoms with Crippen molar-refractivity contribution in [2.24, 2.45) is 11.7 Å². The summed E-state index contributed by atoms with van der Waals surface area (Å²) < 4.78 is 0. The summed E-state index contributed by atoms with van der Waals surface area (Å²) in [5.41, 5.74) is 11.6. The van der Waals surface area contributed by atoms with Crippen LogP contribution in [0, 0.1) is 5.92 Å². The van der Waals surface area contributed by atoms with Crippen LogP contribution < -0.4 is 16.8 Å². The summed E-state index contributed by atoms with van der Waals surface area (Å²) in [5.74, 6) is -0.461. The molecule has 0 saturated heterocycles. The number of hydrogen-bond donors (Lipinski definition) is 3. The molecule has 2 amide bonds. The fourth-order valence-electron chi connectivity index (χ4n) is 1.47. The fourth-order valence-corrected chi connectivity index (χ4v) is 2.63. The molecule has 0 atom stereocenters. The van der Waals surface area contributed by atoms with Crippen LogP contribution in [0.25, 0.3) is 0 Å². The molecule has 0 aliphatic heterocycles. The number of nitrogens with two attached hydrogens (primary N) is 2. The van der Waals surface area contributed by atoms with E-state index in [2.05, 4.69) is 5.32 Å². The van der Waals surface area contributed by atoms with Crippen LogP contribution in [0.4, 0.5) is 10.7 Å². The first-order valence-corrected chi connectivity index (χ1v) is 6.74. The van der Waals surface area contributed by atoms with E-state index in [0.29, 0.717) is 22.3 Å². The van der Waals surface area contributed by atoms with Crippen molar-refractivity contribution in [3.8, 4) is 0 Å². The van der Waals surface area contributed by atoms with Gasteiger partial charge in [0.1, 0.15) is 9.88 Å². The Balaban J connectivity index is 3.20. The van der Waals surface area contributed by atoms with Gasteiger partial charge in [-0.05, 0) is 5.92 Å². The third-order valence-electron chi connectivity index (χ3n) is 2.46. The molecular formula is C12H20N4O2S. The van der Waals surface area contributed by atoms with Crippen LogP contribution >= 0.6 is 11.3 Å². The smallest absolute Gasteiger partial charge is 0.265 e. The van der Waals surface area contributed by atoms with Gasteiger partial charge in [-0.2, -0.15) is 0 Å². The van der Waals surface area contributed by atoms with E-state index < -0.39 is 5.91 Å². The van der Waals surface area contributed by atoms with Crippen LogP contribution in [0.1, 0.15) is 33.9 Å². The first kappa shape index (κ1) is 15.3. The number of nitrogens with one attached hydrogen (secondary N) is 1. The van der Waals surface area contributed by atoms with Gasteiger partial charge >= 0.3 is 0 Å². The van der Waals surface area contributed by atoms with Crippen LogP contribution in [0.15, 0.2) is 0 Å². The van der Waals surface area contributed by atoms with Crippen molar-refractivity contribution in [2.75, 3.05) is 31.7 Å². The SMILES string of the molecule is CC(C)CNc1sc(C(=O)N(C)C)c(N)c1C(N)=O. The molecule has 106 valence electrons. The molecule has 7 heteroatoms. The summed E-state index contributed by atoms with van der Waals surface area (Å²) in [5, 5.41) is 3.68. The predicted molar refractivity (Wildman–Crippen MR) is 78.6 cm³/mol. The molecule has 6 nitrogen and oxygen atoms in total. The number of carbonyl (C=O) groups excluding carboxylic acids is 2. The third kappa shape index (κ3) is 3.37. The number of primary amides is 1. The van der Waals surface area contributed by atoms with E-state index in [1.54, 1.807) is 14.1 Å². The molecule has 0 radical (unpaired) electrons. The highest BCUT2D eigenvalue weighted by atomic mass is 32.1. The van der Waals surface area contributed by atoms with E-state index >= 15 is 0 Å². The molecule has 0 fully saturated rings. The minimum Gasteiger partial charge on any atom is -0.397 e. The van der Waals surface area contributed by atoms with Crippen molar-refractivity contribution in [1.29, 1.82) is 0 Å². The zero-order valence-electron chi connectivity index (χ0n) is 11.6. The Morgan fingerprint density at radius 2 is 1.95 bits per heavy atom. The number of nitrogens with zero attached hydrogens (tertiary/aromatic N) is 1. The molecule has 1 aromatic rings. The lowest BCUT2D eigenvalue weighted by molar-refractivity contribution is 0.0833. The highest BCUT2D eigenvalue weighted by molar-refractivity contribution is 7.19. The van der Waals surface area contributed by atoms with Crippen molar-refractivity contribution in [1.82, 2.24) is 4.90 Å². The van der Waals surface area contributed by atoms with Gasteiger partial charge in [0.2, 0.25) is 0 Å². The molecule has 0 spiro atoms. The van der Waals surface area contributed by atoms with Gasteiger partial charge in [0, 0.05) is 20.6 Å². The molecule has 0 aromatic carbocycles. The monoisotopic (exact) mass is 284 g/mol. The van der Waals surface area contributed by atoms with Gasteiger partial charge in [0.25, 0.3) is 11.8 Å². The second-order valence-electron chi connectivity index (χ2n) is 4.89. The van der Waals surface area contributed by atoms with Crippen molar-refractivity contribution < 1.29 is 9.59 Å². The van der Waals surface area contributed by atoms with Crippen LogP contribution in [0.5, 0.6) is 0 Å². The van der Waals surface area contributed by atoms with E-state index in [4.69, 9.17) is 11.5 Å². The van der Waals surface area contributed by atoms with Crippen LogP contribution in [0.3, 0.4) is 0 Å². The van der Waals surface area contributed by atoms with Gasteiger partial charge in [0.15, 0.2) is 0 Å². The quantitative estimate of drug-likeness (QED) is 0.756. The van der Waals surface area contributed by atoms with E-state index in [0.717, 1.165) is 11.3 Å². The summed E-state index contributed by atoms with van der Waals surface area (Å²) in [6, 6.07) is 0. The van der Waals surface area contributed by atoms with Crippen LogP contribution in [0.2, 0.25) is 0 Å². The van der Waals surface area contributed by atoms with Gasteiger partial charge in [-0.15, -0.1) is 11.3 Å². The van der Waals surface area contributed by atoms with Gasteiger partial charge in [-0.25, -0.2) is 0 Å². The van der Waals surface area contributed by atoms with Crippen LogP contribution in [-0.2, 0) is 0 Å². The topological polar surface area (TPSA) is 101 Å². The zero-order chi connectivity index (χ0) is 14.7. The van der Waals surface area contributed by atoms with E-state index in [1.807, 2.05) is 13.8 Å². The summed E-state index contributed by atoms with van der Waals surface area (Å²) in [6.07, 6.45) is 0. The summed E-state index contributed by atoms with van der Waals surface area (Å²) in [4.78, 5) is 25.2. The average molecular weight is 284 g/mol. The number of anilines is 2. The maximum Gasteiger partial charge on any atom is 0.265 e. The fraction of sp³-hybridized carbons (Fsp3) is 0.500. The Morgan fingerprint density at radius 1 is 1.37 bits per heavy atom. The summed E-state index contributed by atoms with van der Waals surface area (Å²) in [6.45, 7) is 4.76. The molecule has 1 aromatic heterocycles. The Bertz CT molecular complexity index is 494. The third-order valence-corrected chi connectivity index (χ3v) is 3.61. The van der Waals surface area contributed by atoms with E-state index in [9.17, 15) is 9.59 Å². The number of rotatable bonds is 5. The molecule has 1 heterocycles. The predicted octanol–water partition coefficient (Wildman–Crippen LogP) is 1.20. The molecular weight excluding hydrogens is 264 g/mol. The second-order valence-corrected chi connectivity index (χ2v) is 5.91. The molecule has 1 rings (SSSR count). The number of carbonyl (C=O) groups is 2. The molecule has 0 aliphatic rings. The van der Waals surface area contributed by atoms with Gasteiger partial charge in [0.05, 0.1) is 11.3 Å². The molecule has 0 unspecified atom stereocenters. The van der Waals surface area contributed by atoms with Gasteiger partial charge in [-0.3, -0.25) is 9.59 Å². The molecule has 19 heavy (non-hydrogen) atoms. The summed E-state index contributed by atoms with van der Waals surface area (Å²) >= 11 is 1.16. The first-order chi connectivity index (χ1) is 8.75. The largest absolute Gasteiger partial charge is 0.397 e. The maximum atomic E-state index is 12.0. The Kier molecular flexibility index (Phi) is 4.77. The van der Waals surface area contributed by atoms with Crippen LogP contribution in [-0.4, -0.2) is 37.4 Å². The van der Waals surface area contributed by atoms with E-state index in [-0.39, 0.29) is 17.2 Å². The lowest BCUT2D eigenvalue weighted by atomic mass is 10.2. The Hall–Kier alpha value is -1.76. The van der Waals surface area contributed by atoms with Gasteiger partial charge in [-0.1, -0.05) is 13.8 Å². The van der Waals surface area contributed by atoms with Crippen molar-refractivity contribution in [3.63, 3.8) is 0 Å². The first-order valence-electron chi connectivity index (χ1n) is 5.93. The minimum absolute atomic E-state index is 0.155. The zero-order valence-corrected chi connectivity index (χ0v) is 12.4. The average Bonchev–Trinajstić information content (AvgIpc) is 2.62. The number of thiophene rings is 1. The van der Waals surface area contributed by atoms with Crippen molar-refractivity contribution in [2.45, 2.75) is 13.8 Å². The van der Waals surface area contributed by atoms with Gasteiger partial charge < -0.3 is 21.7 Å². The number of amides is 2.